The van der Waals surface area contributed by atoms with Crippen LogP contribution in [-0.2, 0) is 17.6 Å². The first-order valence-electron chi connectivity index (χ1n) is 7.43. The molecule has 0 spiro atoms. The number of amides is 1. The SMILES string of the molecule is C[NH+](C)CCc1c[nH]c2ccc(C[C@@H]3COC(=O)N3)cc12. The second kappa shape index (κ2) is 5.77. The van der Waals surface area contributed by atoms with Crippen molar-refractivity contribution in [2.45, 2.75) is 18.9 Å². The fraction of sp³-hybridized carbons (Fsp3) is 0.438. The van der Waals surface area contributed by atoms with Crippen LogP contribution in [0, 0.1) is 0 Å². The van der Waals surface area contributed by atoms with E-state index in [1.54, 1.807) is 0 Å². The minimum Gasteiger partial charge on any atom is -0.447 e. The molecule has 0 radical (unpaired) electrons. The molecule has 3 rings (SSSR count). The quantitative estimate of drug-likeness (QED) is 0.751. The highest BCUT2D eigenvalue weighted by Gasteiger charge is 2.22. The number of hydrogen-bond donors (Lipinski definition) is 3. The molecule has 21 heavy (non-hydrogen) atoms. The van der Waals surface area contributed by atoms with Gasteiger partial charge in [0.25, 0.3) is 0 Å². The maximum atomic E-state index is 11.1. The molecule has 1 atom stereocenters. The summed E-state index contributed by atoms with van der Waals surface area (Å²) in [7, 11) is 4.34. The zero-order valence-electron chi connectivity index (χ0n) is 12.5. The van der Waals surface area contributed by atoms with Crippen molar-refractivity contribution < 1.29 is 14.4 Å². The minimum atomic E-state index is -0.308. The second-order valence-corrected chi connectivity index (χ2v) is 6.04. The van der Waals surface area contributed by atoms with Gasteiger partial charge in [-0.2, -0.15) is 0 Å². The number of aromatic nitrogens is 1. The number of cyclic esters (lactones) is 1. The third kappa shape index (κ3) is 3.19. The monoisotopic (exact) mass is 288 g/mol. The number of carbonyl (C=O) groups excluding carboxylic acids is 1. The lowest BCUT2D eigenvalue weighted by molar-refractivity contribution is -0.858. The fourth-order valence-electron chi connectivity index (χ4n) is 2.76. The molecule has 2 heterocycles. The fourth-order valence-corrected chi connectivity index (χ4v) is 2.76. The molecule has 5 nitrogen and oxygen atoms in total. The van der Waals surface area contributed by atoms with Gasteiger partial charge in [-0.15, -0.1) is 0 Å². The first-order valence-corrected chi connectivity index (χ1v) is 7.43. The second-order valence-electron chi connectivity index (χ2n) is 6.04. The van der Waals surface area contributed by atoms with E-state index in [0.717, 1.165) is 19.4 Å². The van der Waals surface area contributed by atoms with Crippen LogP contribution in [0.4, 0.5) is 4.79 Å². The predicted octanol–water partition coefficient (Wildman–Crippen LogP) is 0.506. The number of hydrogen-bond acceptors (Lipinski definition) is 2. The molecule has 0 unspecified atom stereocenters. The van der Waals surface area contributed by atoms with Gasteiger partial charge in [-0.05, 0) is 29.7 Å². The molecule has 1 aromatic carbocycles. The Morgan fingerprint density at radius 1 is 1.38 bits per heavy atom. The molecule has 0 aliphatic carbocycles. The van der Waals surface area contributed by atoms with Gasteiger partial charge in [-0.1, -0.05) is 6.07 Å². The molecule has 3 N–H and O–H groups in total. The summed E-state index contributed by atoms with van der Waals surface area (Å²) in [6, 6.07) is 6.55. The van der Waals surface area contributed by atoms with E-state index >= 15 is 0 Å². The third-order valence-electron chi connectivity index (χ3n) is 3.95. The van der Waals surface area contributed by atoms with Gasteiger partial charge in [0, 0.05) is 23.5 Å². The van der Waals surface area contributed by atoms with Gasteiger partial charge in [0.15, 0.2) is 0 Å². The van der Waals surface area contributed by atoms with Crippen molar-refractivity contribution in [2.24, 2.45) is 0 Å². The van der Waals surface area contributed by atoms with Crippen LogP contribution >= 0.6 is 0 Å². The van der Waals surface area contributed by atoms with Crippen LogP contribution in [0.25, 0.3) is 10.9 Å². The van der Waals surface area contributed by atoms with E-state index in [-0.39, 0.29) is 12.1 Å². The van der Waals surface area contributed by atoms with Crippen LogP contribution in [0.1, 0.15) is 11.1 Å². The number of carbonyl (C=O) groups is 1. The van der Waals surface area contributed by atoms with E-state index in [1.807, 2.05) is 0 Å². The number of ether oxygens (including phenoxy) is 1. The third-order valence-corrected chi connectivity index (χ3v) is 3.95. The highest BCUT2D eigenvalue weighted by atomic mass is 16.6. The standard InChI is InChI=1S/C16H21N3O2/c1-19(2)6-5-12-9-17-15-4-3-11(8-14(12)15)7-13-10-21-16(20)18-13/h3-4,8-9,13,17H,5-7,10H2,1-2H3,(H,18,20)/p+1/t13-/m1/s1. The molecular weight excluding hydrogens is 266 g/mol. The Morgan fingerprint density at radius 3 is 2.95 bits per heavy atom. The van der Waals surface area contributed by atoms with Gasteiger partial charge in [0.1, 0.15) is 6.61 Å². The number of rotatable bonds is 5. The van der Waals surface area contributed by atoms with Gasteiger partial charge in [-0.25, -0.2) is 4.79 Å². The number of aromatic amines is 1. The zero-order valence-corrected chi connectivity index (χ0v) is 12.5. The van der Waals surface area contributed by atoms with Crippen LogP contribution in [0.15, 0.2) is 24.4 Å². The van der Waals surface area contributed by atoms with E-state index < -0.39 is 0 Å². The summed E-state index contributed by atoms with van der Waals surface area (Å²) in [6.45, 7) is 1.57. The Morgan fingerprint density at radius 2 is 2.24 bits per heavy atom. The van der Waals surface area contributed by atoms with Crippen molar-refractivity contribution in [1.29, 1.82) is 0 Å². The number of alkyl carbamates (subject to hydrolysis) is 1. The summed E-state index contributed by atoms with van der Waals surface area (Å²) in [4.78, 5) is 15.9. The van der Waals surface area contributed by atoms with Crippen molar-refractivity contribution in [2.75, 3.05) is 27.2 Å². The van der Waals surface area contributed by atoms with Crippen molar-refractivity contribution in [3.05, 3.63) is 35.5 Å². The number of fused-ring (bicyclic) bond motifs is 1. The van der Waals surface area contributed by atoms with Crippen LogP contribution in [0.5, 0.6) is 0 Å². The summed E-state index contributed by atoms with van der Waals surface area (Å²) < 4.78 is 4.94. The van der Waals surface area contributed by atoms with Crippen molar-refractivity contribution in [3.63, 3.8) is 0 Å². The summed E-state index contributed by atoms with van der Waals surface area (Å²) in [5, 5.41) is 4.12. The Balaban J connectivity index is 1.77. The normalized spacial score (nSPS) is 18.2. The average Bonchev–Trinajstić information content (AvgIpc) is 3.03. The largest absolute Gasteiger partial charge is 0.447 e. The smallest absolute Gasteiger partial charge is 0.407 e. The average molecular weight is 288 g/mol. The molecule has 5 heteroatoms. The number of benzene rings is 1. The summed E-state index contributed by atoms with van der Waals surface area (Å²) >= 11 is 0. The van der Waals surface area contributed by atoms with Crippen LogP contribution < -0.4 is 10.2 Å². The molecule has 0 bridgehead atoms. The lowest BCUT2D eigenvalue weighted by Gasteiger charge is -2.09. The van der Waals surface area contributed by atoms with Crippen molar-refractivity contribution in [1.82, 2.24) is 10.3 Å². The maximum absolute atomic E-state index is 11.1. The molecule has 1 amide bonds. The van der Waals surface area contributed by atoms with Crippen molar-refractivity contribution >= 4 is 17.0 Å². The maximum Gasteiger partial charge on any atom is 0.407 e. The molecule has 1 saturated heterocycles. The van der Waals surface area contributed by atoms with Crippen LogP contribution in [0.3, 0.4) is 0 Å². The van der Waals surface area contributed by atoms with Gasteiger partial charge in [0.2, 0.25) is 0 Å². The number of likely N-dealkylation sites (N-methyl/N-ethyl adjacent to an activating group) is 1. The highest BCUT2D eigenvalue weighted by molar-refractivity contribution is 5.84. The topological polar surface area (TPSA) is 58.6 Å². The molecular formula is C16H22N3O2+. The number of quaternary nitrogens is 1. The molecule has 1 aliphatic rings. The van der Waals surface area contributed by atoms with Gasteiger partial charge in [0.05, 0.1) is 26.7 Å². The number of H-pyrrole nitrogens is 1. The van der Waals surface area contributed by atoms with Crippen molar-refractivity contribution in [3.8, 4) is 0 Å². The van der Waals surface area contributed by atoms with Gasteiger partial charge >= 0.3 is 6.09 Å². The summed E-state index contributed by atoms with van der Waals surface area (Å²) in [5.41, 5.74) is 3.77. The molecule has 1 aromatic heterocycles. The van der Waals surface area contributed by atoms with Crippen LogP contribution in [0.2, 0.25) is 0 Å². The number of nitrogens with one attached hydrogen (secondary N) is 3. The Bertz CT molecular complexity index is 648. The van der Waals surface area contributed by atoms with Crippen LogP contribution in [-0.4, -0.2) is 44.4 Å². The minimum absolute atomic E-state index is 0.0866. The molecule has 2 aromatic rings. The molecule has 0 saturated carbocycles. The Labute approximate surface area is 124 Å². The van der Waals surface area contributed by atoms with Gasteiger partial charge < -0.3 is 19.9 Å². The molecule has 1 fully saturated rings. The van der Waals surface area contributed by atoms with Gasteiger partial charge in [-0.3, -0.25) is 0 Å². The molecule has 112 valence electrons. The molecule has 1 aliphatic heterocycles. The van der Waals surface area contributed by atoms with E-state index in [4.69, 9.17) is 4.74 Å². The summed E-state index contributed by atoms with van der Waals surface area (Å²) in [6.07, 6.45) is 3.68. The predicted molar refractivity (Wildman–Crippen MR) is 81.7 cm³/mol. The van der Waals surface area contributed by atoms with E-state index in [0.29, 0.717) is 6.61 Å². The Kier molecular flexibility index (Phi) is 3.84. The lowest BCUT2D eigenvalue weighted by Crippen LogP contribution is -3.05. The Hall–Kier alpha value is -2.01. The lowest BCUT2D eigenvalue weighted by atomic mass is 10.0. The van der Waals surface area contributed by atoms with E-state index in [9.17, 15) is 4.79 Å². The first-order chi connectivity index (χ1) is 10.1. The summed E-state index contributed by atoms with van der Waals surface area (Å²) in [5.74, 6) is 0. The van der Waals surface area contributed by atoms with E-state index in [1.165, 1.54) is 26.9 Å². The highest BCUT2D eigenvalue weighted by Crippen LogP contribution is 2.21. The van der Waals surface area contributed by atoms with E-state index in [2.05, 4.69) is 48.8 Å². The first kappa shape index (κ1) is 13.9. The zero-order chi connectivity index (χ0) is 14.8.